The monoisotopic (exact) mass is 469 g/mol. The van der Waals surface area contributed by atoms with Gasteiger partial charge in [0.1, 0.15) is 17.6 Å². The third-order valence-electron chi connectivity index (χ3n) is 8.02. The number of hydrogen-bond acceptors (Lipinski definition) is 6. The Morgan fingerprint density at radius 2 is 1.71 bits per heavy atom. The topological polar surface area (TPSA) is 63.6 Å². The van der Waals surface area contributed by atoms with Crippen molar-refractivity contribution in [1.29, 1.82) is 0 Å². The van der Waals surface area contributed by atoms with E-state index in [2.05, 4.69) is 4.90 Å². The van der Waals surface area contributed by atoms with Gasteiger partial charge in [-0.2, -0.15) is 0 Å². The first-order chi connectivity index (χ1) is 16.7. The molecule has 3 saturated carbocycles. The van der Waals surface area contributed by atoms with Crippen molar-refractivity contribution >= 4 is 11.6 Å². The third kappa shape index (κ3) is 6.11. The molecule has 3 aliphatic carbocycles. The minimum atomic E-state index is 0.0773. The van der Waals surface area contributed by atoms with Crippen molar-refractivity contribution in [3.63, 3.8) is 0 Å². The molecular formula is C27H39N3O4. The predicted molar refractivity (Wildman–Crippen MR) is 131 cm³/mol. The number of amides is 1. The van der Waals surface area contributed by atoms with Gasteiger partial charge in [-0.25, -0.2) is 0 Å². The molecule has 1 atom stereocenters. The van der Waals surface area contributed by atoms with Crippen LogP contribution in [0, 0.1) is 11.8 Å². The molecule has 186 valence electrons. The fourth-order valence-corrected chi connectivity index (χ4v) is 5.84. The highest BCUT2D eigenvalue weighted by Crippen LogP contribution is 2.42. The van der Waals surface area contributed by atoms with E-state index in [0.29, 0.717) is 11.7 Å². The predicted octanol–water partition coefficient (Wildman–Crippen LogP) is 3.71. The first kappa shape index (κ1) is 23.6. The van der Waals surface area contributed by atoms with Crippen LogP contribution in [0.15, 0.2) is 29.4 Å². The number of oxime groups is 1. The van der Waals surface area contributed by atoms with Gasteiger partial charge in [-0.1, -0.05) is 5.16 Å². The van der Waals surface area contributed by atoms with Gasteiger partial charge in [-0.15, -0.1) is 0 Å². The maximum absolute atomic E-state index is 12.4. The molecule has 1 unspecified atom stereocenters. The van der Waals surface area contributed by atoms with Gasteiger partial charge in [0.15, 0.2) is 6.61 Å². The Morgan fingerprint density at radius 3 is 2.38 bits per heavy atom. The van der Waals surface area contributed by atoms with Gasteiger partial charge in [0.05, 0.1) is 13.2 Å². The lowest BCUT2D eigenvalue weighted by Crippen LogP contribution is -2.40. The van der Waals surface area contributed by atoms with Gasteiger partial charge in [0.25, 0.3) is 5.91 Å². The summed E-state index contributed by atoms with van der Waals surface area (Å²) < 4.78 is 11.3. The van der Waals surface area contributed by atoms with Gasteiger partial charge in [-0.05, 0) is 87.5 Å². The number of benzene rings is 1. The molecule has 2 aliphatic heterocycles. The highest BCUT2D eigenvalue weighted by Gasteiger charge is 2.37. The molecule has 2 heterocycles. The van der Waals surface area contributed by atoms with Crippen LogP contribution < -0.4 is 4.74 Å². The second kappa shape index (κ2) is 11.5. The van der Waals surface area contributed by atoms with Crippen LogP contribution in [0.3, 0.4) is 0 Å². The van der Waals surface area contributed by atoms with E-state index in [1.165, 1.54) is 32.1 Å². The van der Waals surface area contributed by atoms with E-state index in [4.69, 9.17) is 19.5 Å². The van der Waals surface area contributed by atoms with Crippen molar-refractivity contribution in [2.45, 2.75) is 57.5 Å². The summed E-state index contributed by atoms with van der Waals surface area (Å²) in [5.74, 6) is 2.27. The van der Waals surface area contributed by atoms with E-state index >= 15 is 0 Å². The van der Waals surface area contributed by atoms with Crippen molar-refractivity contribution < 1.29 is 19.1 Å². The van der Waals surface area contributed by atoms with Crippen molar-refractivity contribution in [2.24, 2.45) is 17.0 Å². The second-order valence-electron chi connectivity index (χ2n) is 10.3. The molecule has 2 saturated heterocycles. The number of piperidine rings is 1. The zero-order valence-corrected chi connectivity index (χ0v) is 20.3. The highest BCUT2D eigenvalue weighted by molar-refractivity contribution is 6.01. The van der Waals surface area contributed by atoms with Gasteiger partial charge >= 0.3 is 0 Å². The van der Waals surface area contributed by atoms with Gasteiger partial charge in [0, 0.05) is 38.3 Å². The molecule has 5 fully saturated rings. The number of rotatable bonds is 8. The zero-order chi connectivity index (χ0) is 23.2. The fraction of sp³-hybridized carbons (Fsp3) is 0.704. The van der Waals surface area contributed by atoms with E-state index in [1.54, 1.807) is 0 Å². The summed E-state index contributed by atoms with van der Waals surface area (Å²) in [6, 6.07) is 7.96. The average Bonchev–Trinajstić information content (AvgIpc) is 2.92. The molecule has 5 aliphatic rings. The van der Waals surface area contributed by atoms with E-state index < -0.39 is 0 Å². The number of fused-ring (bicyclic) bond motifs is 3. The van der Waals surface area contributed by atoms with Gasteiger partial charge in [-0.3, -0.25) is 9.69 Å². The number of likely N-dealkylation sites (tertiary alicyclic amines) is 1. The summed E-state index contributed by atoms with van der Waals surface area (Å²) in [5.41, 5.74) is 2.00. The van der Waals surface area contributed by atoms with E-state index in [0.717, 1.165) is 82.4 Å². The molecule has 1 aromatic carbocycles. The van der Waals surface area contributed by atoms with Crippen LogP contribution in [0.4, 0.5) is 0 Å². The summed E-state index contributed by atoms with van der Waals surface area (Å²) >= 11 is 0. The molecule has 7 nitrogen and oxygen atoms in total. The lowest BCUT2D eigenvalue weighted by atomic mass is 9.69. The molecule has 0 aromatic heterocycles. The summed E-state index contributed by atoms with van der Waals surface area (Å²) in [5, 5.41) is 4.73. The molecule has 1 amide bonds. The van der Waals surface area contributed by atoms with Crippen molar-refractivity contribution in [3.8, 4) is 5.75 Å². The summed E-state index contributed by atoms with van der Waals surface area (Å²) in [6.07, 6.45) is 10.1. The molecule has 0 spiro atoms. The molecule has 0 radical (unpaired) electrons. The molecule has 1 aromatic rings. The Labute approximate surface area is 203 Å². The molecule has 0 N–H and O–H groups in total. The smallest absolute Gasteiger partial charge is 0.260 e. The zero-order valence-electron chi connectivity index (χ0n) is 20.3. The number of carbonyl (C=O) groups excluding carboxylic acids is 1. The Morgan fingerprint density at radius 1 is 0.971 bits per heavy atom. The van der Waals surface area contributed by atoms with E-state index in [9.17, 15) is 4.79 Å². The van der Waals surface area contributed by atoms with Crippen LogP contribution in [-0.4, -0.2) is 80.1 Å². The SMILES string of the molecule is O=C(COc1ccc(/C(CN2CCOCC2)=N\OC2CC3CCC2CC3)cc1)N1CCCCC1. The van der Waals surface area contributed by atoms with Crippen LogP contribution in [0.2, 0.25) is 0 Å². The van der Waals surface area contributed by atoms with Gasteiger partial charge in [0.2, 0.25) is 0 Å². The summed E-state index contributed by atoms with van der Waals surface area (Å²) in [7, 11) is 0. The van der Waals surface area contributed by atoms with E-state index in [1.807, 2.05) is 29.2 Å². The summed E-state index contributed by atoms with van der Waals surface area (Å²) in [6.45, 7) is 5.89. The molecule has 7 heteroatoms. The third-order valence-corrected chi connectivity index (χ3v) is 8.02. The van der Waals surface area contributed by atoms with Crippen LogP contribution in [0.5, 0.6) is 5.75 Å². The second-order valence-corrected chi connectivity index (χ2v) is 10.3. The van der Waals surface area contributed by atoms with E-state index in [-0.39, 0.29) is 18.6 Å². The van der Waals surface area contributed by atoms with Crippen molar-refractivity contribution in [1.82, 2.24) is 9.80 Å². The summed E-state index contributed by atoms with van der Waals surface area (Å²) in [4.78, 5) is 22.9. The lowest BCUT2D eigenvalue weighted by molar-refractivity contribution is -0.134. The lowest BCUT2D eigenvalue weighted by Gasteiger charge is -2.40. The molecule has 34 heavy (non-hydrogen) atoms. The van der Waals surface area contributed by atoms with Crippen LogP contribution in [0.25, 0.3) is 0 Å². The molecular weight excluding hydrogens is 430 g/mol. The first-order valence-corrected chi connectivity index (χ1v) is 13.3. The minimum absolute atomic E-state index is 0.0773. The Hall–Kier alpha value is -2.12. The number of ether oxygens (including phenoxy) is 2. The van der Waals surface area contributed by atoms with Crippen molar-refractivity contribution in [2.75, 3.05) is 52.5 Å². The quantitative estimate of drug-likeness (QED) is 0.429. The van der Waals surface area contributed by atoms with Gasteiger partial charge < -0.3 is 19.2 Å². The first-order valence-electron chi connectivity index (χ1n) is 13.3. The Balaban J connectivity index is 1.22. The van der Waals surface area contributed by atoms with Crippen molar-refractivity contribution in [3.05, 3.63) is 29.8 Å². The average molecular weight is 470 g/mol. The molecule has 6 rings (SSSR count). The fourth-order valence-electron chi connectivity index (χ4n) is 5.84. The van der Waals surface area contributed by atoms with Crippen LogP contribution in [0.1, 0.15) is 56.9 Å². The van der Waals surface area contributed by atoms with Crippen LogP contribution >= 0.6 is 0 Å². The standard InChI is InChI=1S/C27H39N3O4/c31-27(30-12-2-1-3-13-30)20-33-24-10-8-22(9-11-24)25(19-29-14-16-32-17-15-29)28-34-26-18-21-4-6-23(26)7-5-21/h8-11,21,23,26H,1-7,12-20H2/b28-25-. The number of carbonyl (C=O) groups is 1. The largest absolute Gasteiger partial charge is 0.484 e. The molecule has 2 bridgehead atoms. The normalized spacial score (nSPS) is 28.1. The minimum Gasteiger partial charge on any atom is -0.484 e. The number of hydrogen-bond donors (Lipinski definition) is 0. The number of morpholine rings is 1. The van der Waals surface area contributed by atoms with Crippen LogP contribution in [-0.2, 0) is 14.4 Å². The Kier molecular flexibility index (Phi) is 8.01. The maximum Gasteiger partial charge on any atom is 0.260 e. The maximum atomic E-state index is 12.4. The number of nitrogens with zero attached hydrogens (tertiary/aromatic N) is 3. The highest BCUT2D eigenvalue weighted by atomic mass is 16.6. The Bertz CT molecular complexity index is 823.